The van der Waals surface area contributed by atoms with E-state index in [4.69, 9.17) is 0 Å². The van der Waals surface area contributed by atoms with Crippen LogP contribution in [0.15, 0.2) is 53.7 Å². The number of aromatic nitrogens is 4. The number of hydrogen-bond acceptors (Lipinski definition) is 10. The summed E-state index contributed by atoms with van der Waals surface area (Å²) in [7, 11) is 0.396. The number of piperidine rings is 2. The minimum absolute atomic E-state index is 0.0166. The Morgan fingerprint density at radius 3 is 2.41 bits per heavy atom. The maximum absolute atomic E-state index is 13.7. The number of nitriles is 1. The molecule has 0 radical (unpaired) electrons. The molecule has 0 bridgehead atoms. The Kier molecular flexibility index (Phi) is 11.3. The fourth-order valence-electron chi connectivity index (χ4n) is 7.43. The zero-order chi connectivity index (χ0) is 39.6. The van der Waals surface area contributed by atoms with Gasteiger partial charge in [-0.2, -0.15) is 19.1 Å². The fourth-order valence-corrected chi connectivity index (χ4v) is 8.67. The Bertz CT molecular complexity index is 2250. The summed E-state index contributed by atoms with van der Waals surface area (Å²) in [4.78, 5) is 36.7. The summed E-state index contributed by atoms with van der Waals surface area (Å²) >= 11 is 0. The lowest BCUT2D eigenvalue weighted by atomic mass is 9.87. The van der Waals surface area contributed by atoms with E-state index in [0.717, 1.165) is 36.8 Å². The first-order chi connectivity index (χ1) is 26.9. The molecule has 3 aliphatic rings. The monoisotopic (exact) mass is 784 g/mol. The van der Waals surface area contributed by atoms with Crippen LogP contribution in [0.4, 0.5) is 25.3 Å². The van der Waals surface area contributed by atoms with Crippen LogP contribution in [-0.4, -0.2) is 96.0 Å². The number of aryl methyl sites for hydroxylation is 1. The Morgan fingerprint density at radius 1 is 1.00 bits per heavy atom. The maximum Gasteiger partial charge on any atom is 0.387 e. The predicted molar refractivity (Wildman–Crippen MR) is 205 cm³/mol. The van der Waals surface area contributed by atoms with Crippen LogP contribution >= 0.6 is 0 Å². The number of fused-ring (bicyclic) bond motifs is 1. The lowest BCUT2D eigenvalue weighted by molar-refractivity contribution is -0.120. The molecule has 2 N–H and O–H groups in total. The van der Waals surface area contributed by atoms with E-state index in [-0.39, 0.29) is 24.1 Å². The Morgan fingerprint density at radius 2 is 1.73 bits per heavy atom. The number of anilines is 2. The number of carbonyl (C=O) groups excluding carboxylic acids is 2. The highest BCUT2D eigenvalue weighted by molar-refractivity contribution is 7.82. The van der Waals surface area contributed by atoms with E-state index < -0.39 is 29.2 Å². The normalized spacial score (nSPS) is 18.3. The zero-order valence-electron chi connectivity index (χ0n) is 31.3. The Balaban J connectivity index is 0.959. The van der Waals surface area contributed by atoms with Crippen molar-refractivity contribution in [1.82, 2.24) is 34.3 Å². The van der Waals surface area contributed by atoms with Gasteiger partial charge in [-0.15, -0.1) is 0 Å². The number of imide groups is 1. The van der Waals surface area contributed by atoms with Gasteiger partial charge in [0.15, 0.2) is 11.6 Å². The molecule has 2 aromatic carbocycles. The van der Waals surface area contributed by atoms with Crippen LogP contribution in [0.5, 0.6) is 5.75 Å². The third kappa shape index (κ3) is 8.50. The van der Waals surface area contributed by atoms with Crippen LogP contribution in [0.1, 0.15) is 68.6 Å². The molecule has 17 heteroatoms. The quantitative estimate of drug-likeness (QED) is 0.224. The Labute approximate surface area is 325 Å². The van der Waals surface area contributed by atoms with Crippen LogP contribution in [-0.2, 0) is 22.8 Å². The first-order valence-corrected chi connectivity index (χ1v) is 19.6. The van der Waals surface area contributed by atoms with Crippen molar-refractivity contribution in [3.8, 4) is 23.7 Å². The molecule has 0 spiro atoms. The summed E-state index contributed by atoms with van der Waals surface area (Å²) < 4.78 is 46.5. The molecular weight excluding hydrogens is 743 g/mol. The standard InChI is InChI=1S/C39H42F2N10O4S/c1-39(2,49-15-9-25(10-16-49)26-5-7-32-33(21-26)48(3)47-35(32)51-19-13-34(52)46-38(51)53)14-8-27-20-31(6-4-28(27)22-42)56(54)50-17-11-29(12-18-50)45-37-43-23-30(24-44-37)55-36(40)41/h4-7,20-21,23-25,29,36H,9-13,15-19H2,1-3H3,(H,43,44,45)(H,46,52,53). The number of nitrogens with zero attached hydrogens (tertiary/aromatic N) is 8. The van der Waals surface area contributed by atoms with Crippen molar-refractivity contribution in [2.75, 3.05) is 42.9 Å². The maximum atomic E-state index is 13.7. The molecule has 5 heterocycles. The number of amides is 3. The van der Waals surface area contributed by atoms with Gasteiger partial charge in [-0.3, -0.25) is 24.6 Å². The molecule has 2 aromatic heterocycles. The van der Waals surface area contributed by atoms with E-state index in [1.165, 1.54) is 22.9 Å². The summed E-state index contributed by atoms with van der Waals surface area (Å²) in [6.45, 7) is 4.24. The van der Waals surface area contributed by atoms with Crippen molar-refractivity contribution in [2.45, 2.75) is 75.0 Å². The zero-order valence-corrected chi connectivity index (χ0v) is 32.1. The van der Waals surface area contributed by atoms with Gasteiger partial charge in [0.25, 0.3) is 0 Å². The number of urea groups is 1. The summed E-state index contributed by atoms with van der Waals surface area (Å²) in [6, 6.07) is 13.2. The second-order valence-electron chi connectivity index (χ2n) is 14.6. The highest BCUT2D eigenvalue weighted by atomic mass is 32.2. The number of carbonyl (C=O) groups is 2. The van der Waals surface area contributed by atoms with Crippen LogP contribution < -0.4 is 20.3 Å². The van der Waals surface area contributed by atoms with Crippen LogP contribution in [0, 0.1) is 23.2 Å². The second-order valence-corrected chi connectivity index (χ2v) is 16.1. The minimum atomic E-state index is -2.95. The van der Waals surface area contributed by atoms with Crippen molar-refractivity contribution in [2.24, 2.45) is 7.05 Å². The van der Waals surface area contributed by atoms with E-state index in [1.54, 1.807) is 22.9 Å². The van der Waals surface area contributed by atoms with Crippen molar-refractivity contribution < 1.29 is 27.3 Å². The van der Waals surface area contributed by atoms with Gasteiger partial charge in [-0.25, -0.2) is 23.3 Å². The molecule has 7 rings (SSSR count). The first kappa shape index (κ1) is 38.8. The molecule has 4 aromatic rings. The molecular formula is C39H42F2N10O4S. The molecule has 1 unspecified atom stereocenters. The number of nitrogens with one attached hydrogen (secondary N) is 2. The summed E-state index contributed by atoms with van der Waals surface area (Å²) in [5.41, 5.74) is 2.60. The first-order valence-electron chi connectivity index (χ1n) is 18.5. The van der Waals surface area contributed by atoms with Gasteiger partial charge < -0.3 is 10.1 Å². The van der Waals surface area contributed by atoms with Crippen LogP contribution in [0.25, 0.3) is 10.9 Å². The summed E-state index contributed by atoms with van der Waals surface area (Å²) in [5.74, 6) is 7.44. The van der Waals surface area contributed by atoms with Gasteiger partial charge in [-0.1, -0.05) is 17.9 Å². The van der Waals surface area contributed by atoms with Crippen molar-refractivity contribution in [3.63, 3.8) is 0 Å². The topological polar surface area (TPSA) is 162 Å². The minimum Gasteiger partial charge on any atom is -0.432 e. The molecule has 3 saturated heterocycles. The van der Waals surface area contributed by atoms with E-state index in [2.05, 4.69) is 79.2 Å². The molecule has 56 heavy (non-hydrogen) atoms. The number of benzene rings is 2. The second kappa shape index (κ2) is 16.3. The van der Waals surface area contributed by atoms with Gasteiger partial charge in [0, 0.05) is 63.2 Å². The van der Waals surface area contributed by atoms with Gasteiger partial charge in [0.05, 0.1) is 33.9 Å². The number of likely N-dealkylation sites (tertiary alicyclic amines) is 1. The highest BCUT2D eigenvalue weighted by Gasteiger charge is 2.32. The smallest absolute Gasteiger partial charge is 0.387 e. The van der Waals surface area contributed by atoms with Gasteiger partial charge in [-0.05, 0) is 81.3 Å². The summed E-state index contributed by atoms with van der Waals surface area (Å²) in [5, 5.41) is 20.9. The number of rotatable bonds is 9. The Hall–Kier alpha value is -5.49. The lowest BCUT2D eigenvalue weighted by Crippen LogP contribution is -2.49. The lowest BCUT2D eigenvalue weighted by Gasteiger charge is -2.40. The van der Waals surface area contributed by atoms with Crippen molar-refractivity contribution >= 4 is 45.6 Å². The molecule has 14 nitrogen and oxygen atoms in total. The predicted octanol–water partition coefficient (Wildman–Crippen LogP) is 4.89. The highest BCUT2D eigenvalue weighted by Crippen LogP contribution is 2.35. The van der Waals surface area contributed by atoms with E-state index in [1.807, 2.05) is 17.4 Å². The van der Waals surface area contributed by atoms with Crippen LogP contribution in [0.2, 0.25) is 0 Å². The SMILES string of the molecule is Cn1nc(N2CCC(=O)NC2=O)c2ccc(C3CCN(C(C)(C)C#Cc4cc(S(=O)N5CCC(Nc6ncc(OC(F)F)cn6)CC5)ccc4C#N)CC3)cc21. The molecule has 0 saturated carbocycles. The molecule has 3 fully saturated rings. The molecule has 1 atom stereocenters. The number of alkyl halides is 2. The molecule has 0 aliphatic carbocycles. The largest absolute Gasteiger partial charge is 0.432 e. The van der Waals surface area contributed by atoms with E-state index in [9.17, 15) is 27.8 Å². The number of halogens is 2. The van der Waals surface area contributed by atoms with Gasteiger partial charge >= 0.3 is 12.6 Å². The number of ether oxygens (including phenoxy) is 1. The third-order valence-corrected chi connectivity index (χ3v) is 12.1. The molecule has 3 aliphatic heterocycles. The van der Waals surface area contributed by atoms with E-state index >= 15 is 0 Å². The van der Waals surface area contributed by atoms with Gasteiger partial charge in [0.1, 0.15) is 17.1 Å². The van der Waals surface area contributed by atoms with Gasteiger partial charge in [0.2, 0.25) is 11.9 Å². The average molecular weight is 785 g/mol. The average Bonchev–Trinajstić information content (AvgIpc) is 3.52. The molecule has 292 valence electrons. The molecule has 3 amide bonds. The third-order valence-electron chi connectivity index (χ3n) is 10.6. The van der Waals surface area contributed by atoms with Crippen molar-refractivity contribution in [1.29, 1.82) is 5.26 Å². The summed E-state index contributed by atoms with van der Waals surface area (Å²) in [6.07, 6.45) is 5.80. The van der Waals surface area contributed by atoms with Crippen molar-refractivity contribution in [3.05, 3.63) is 65.5 Å². The van der Waals surface area contributed by atoms with E-state index in [0.29, 0.717) is 66.2 Å². The fraction of sp³-hybridized carbons (Fsp3) is 0.436. The van der Waals surface area contributed by atoms with Crippen LogP contribution in [0.3, 0.4) is 0 Å². The number of hydrogen-bond donors (Lipinski definition) is 2.